The van der Waals surface area contributed by atoms with Gasteiger partial charge in [0.25, 0.3) is 5.91 Å². The first kappa shape index (κ1) is 22.2. The Labute approximate surface area is 188 Å². The molecule has 32 heavy (non-hydrogen) atoms. The van der Waals surface area contributed by atoms with E-state index in [1.165, 1.54) is 0 Å². The van der Waals surface area contributed by atoms with Gasteiger partial charge in [0, 0.05) is 37.8 Å². The minimum atomic E-state index is -0.610. The van der Waals surface area contributed by atoms with E-state index in [1.54, 1.807) is 23.1 Å². The third kappa shape index (κ3) is 4.92. The number of piperidine rings is 1. The molecule has 174 valence electrons. The first-order valence-electron chi connectivity index (χ1n) is 11.5. The third-order valence-corrected chi connectivity index (χ3v) is 6.32. The van der Waals surface area contributed by atoms with Crippen LogP contribution >= 0.6 is 0 Å². The molecule has 0 aliphatic carbocycles. The number of urea groups is 1. The van der Waals surface area contributed by atoms with Crippen molar-refractivity contribution in [2.45, 2.75) is 51.6 Å². The minimum absolute atomic E-state index is 0.0239. The number of nitrogens with zero attached hydrogens (tertiary/aromatic N) is 2. The lowest BCUT2D eigenvalue weighted by Gasteiger charge is -2.37. The van der Waals surface area contributed by atoms with Gasteiger partial charge in [-0.2, -0.15) is 0 Å². The second-order valence-corrected chi connectivity index (χ2v) is 8.98. The van der Waals surface area contributed by atoms with Crippen LogP contribution in [0, 0.1) is 5.92 Å². The number of hydrogen-bond acceptors (Lipinski definition) is 5. The summed E-state index contributed by atoms with van der Waals surface area (Å²) in [5, 5.41) is 5.92. The Morgan fingerprint density at radius 2 is 1.62 bits per heavy atom. The molecule has 9 heteroatoms. The van der Waals surface area contributed by atoms with Gasteiger partial charge in [-0.1, -0.05) is 0 Å². The second-order valence-electron chi connectivity index (χ2n) is 8.98. The molecule has 0 spiro atoms. The van der Waals surface area contributed by atoms with E-state index in [0.29, 0.717) is 43.0 Å². The van der Waals surface area contributed by atoms with Crippen LogP contribution in [0.3, 0.4) is 0 Å². The van der Waals surface area contributed by atoms with Crippen molar-refractivity contribution in [2.75, 3.05) is 33.0 Å². The van der Waals surface area contributed by atoms with E-state index in [0.717, 1.165) is 25.9 Å². The van der Waals surface area contributed by atoms with Gasteiger partial charge < -0.3 is 29.9 Å². The van der Waals surface area contributed by atoms with Gasteiger partial charge in [-0.25, -0.2) is 4.79 Å². The van der Waals surface area contributed by atoms with Crippen LogP contribution in [-0.2, 0) is 4.79 Å². The van der Waals surface area contributed by atoms with Crippen LogP contribution in [0.1, 0.15) is 49.9 Å². The van der Waals surface area contributed by atoms with Crippen molar-refractivity contribution in [3.63, 3.8) is 0 Å². The van der Waals surface area contributed by atoms with Gasteiger partial charge in [-0.3, -0.25) is 9.59 Å². The molecule has 3 heterocycles. The number of rotatable bonds is 5. The van der Waals surface area contributed by atoms with Gasteiger partial charge in [0.1, 0.15) is 6.04 Å². The lowest BCUT2D eigenvalue weighted by atomic mass is 9.88. The molecular formula is C23H32N4O5. The predicted octanol–water partition coefficient (Wildman–Crippen LogP) is 1.97. The van der Waals surface area contributed by atoms with Crippen LogP contribution in [0.25, 0.3) is 0 Å². The number of hydrogen-bond donors (Lipinski definition) is 2. The van der Waals surface area contributed by atoms with Gasteiger partial charge >= 0.3 is 6.03 Å². The van der Waals surface area contributed by atoms with Crippen molar-refractivity contribution in [1.29, 1.82) is 0 Å². The van der Waals surface area contributed by atoms with E-state index in [9.17, 15) is 14.4 Å². The molecular weight excluding hydrogens is 412 g/mol. The Morgan fingerprint density at radius 1 is 0.938 bits per heavy atom. The molecule has 2 fully saturated rings. The summed E-state index contributed by atoms with van der Waals surface area (Å²) in [4.78, 5) is 42.4. The van der Waals surface area contributed by atoms with Crippen molar-refractivity contribution in [2.24, 2.45) is 5.92 Å². The van der Waals surface area contributed by atoms with Gasteiger partial charge in [0.05, 0.1) is 0 Å². The molecule has 9 nitrogen and oxygen atoms in total. The SMILES string of the molecule is CC(C)NC(=O)N1CCC([C@H](NC(=O)c2ccc3c(c2)OCO3)C(=O)N2CCCC2)CC1. The standard InChI is InChI=1S/C23H32N4O5/c1-15(2)24-23(30)27-11-7-16(8-12-27)20(22(29)26-9-3-4-10-26)25-21(28)17-5-6-18-19(13-17)32-14-31-18/h5-6,13,15-16,20H,3-4,7-12,14H2,1-2H3,(H,24,30)(H,25,28)/t20-/m0/s1. The second kappa shape index (κ2) is 9.67. The van der Waals surface area contributed by atoms with E-state index in [-0.39, 0.29) is 36.6 Å². The van der Waals surface area contributed by atoms with Crippen LogP contribution in [0.5, 0.6) is 11.5 Å². The molecule has 1 aromatic carbocycles. The summed E-state index contributed by atoms with van der Waals surface area (Å²) in [6.07, 6.45) is 3.30. The zero-order chi connectivity index (χ0) is 22.7. The molecule has 2 N–H and O–H groups in total. The maximum Gasteiger partial charge on any atom is 0.317 e. The summed E-state index contributed by atoms with van der Waals surface area (Å²) in [6, 6.07) is 4.42. The summed E-state index contributed by atoms with van der Waals surface area (Å²) in [7, 11) is 0. The van der Waals surface area contributed by atoms with Crippen molar-refractivity contribution >= 4 is 17.8 Å². The molecule has 2 saturated heterocycles. The number of carbonyl (C=O) groups is 3. The molecule has 0 bridgehead atoms. The highest BCUT2D eigenvalue weighted by molar-refractivity contribution is 5.98. The third-order valence-electron chi connectivity index (χ3n) is 6.32. The number of benzene rings is 1. The first-order chi connectivity index (χ1) is 15.4. The Morgan fingerprint density at radius 3 is 2.31 bits per heavy atom. The lowest BCUT2D eigenvalue weighted by Crippen LogP contribution is -2.55. The van der Waals surface area contributed by atoms with Crippen molar-refractivity contribution in [3.05, 3.63) is 23.8 Å². The van der Waals surface area contributed by atoms with Gasteiger partial charge in [-0.05, 0) is 63.6 Å². The van der Waals surface area contributed by atoms with Gasteiger partial charge in [0.15, 0.2) is 11.5 Å². The quantitative estimate of drug-likeness (QED) is 0.723. The number of likely N-dealkylation sites (tertiary alicyclic amines) is 2. The number of carbonyl (C=O) groups excluding carboxylic acids is 3. The average Bonchev–Trinajstić information content (AvgIpc) is 3.48. The zero-order valence-corrected chi connectivity index (χ0v) is 18.8. The molecule has 4 rings (SSSR count). The lowest BCUT2D eigenvalue weighted by molar-refractivity contribution is -0.134. The van der Waals surface area contributed by atoms with Crippen molar-refractivity contribution in [1.82, 2.24) is 20.4 Å². The Hall–Kier alpha value is -2.97. The molecule has 0 saturated carbocycles. The van der Waals surface area contributed by atoms with Gasteiger partial charge in [-0.15, -0.1) is 0 Å². The highest BCUT2D eigenvalue weighted by Gasteiger charge is 2.37. The highest BCUT2D eigenvalue weighted by atomic mass is 16.7. The van der Waals surface area contributed by atoms with Gasteiger partial charge in [0.2, 0.25) is 12.7 Å². The molecule has 0 radical (unpaired) electrons. The molecule has 0 unspecified atom stereocenters. The molecule has 4 amide bonds. The van der Waals surface area contributed by atoms with Crippen LogP contribution in [0.4, 0.5) is 4.79 Å². The first-order valence-corrected chi connectivity index (χ1v) is 11.5. The highest BCUT2D eigenvalue weighted by Crippen LogP contribution is 2.32. The minimum Gasteiger partial charge on any atom is -0.454 e. The maximum absolute atomic E-state index is 13.3. The Bertz CT molecular complexity index is 860. The van der Waals surface area contributed by atoms with Crippen molar-refractivity contribution in [3.8, 4) is 11.5 Å². The molecule has 0 aromatic heterocycles. The van der Waals surface area contributed by atoms with Crippen LogP contribution in [0.2, 0.25) is 0 Å². The number of amides is 4. The smallest absolute Gasteiger partial charge is 0.317 e. The van der Waals surface area contributed by atoms with Crippen LogP contribution in [-0.4, -0.2) is 72.7 Å². The zero-order valence-electron chi connectivity index (χ0n) is 18.8. The normalized spacial score (nSPS) is 19.2. The molecule has 1 aromatic rings. The van der Waals surface area contributed by atoms with Crippen molar-refractivity contribution < 1.29 is 23.9 Å². The van der Waals surface area contributed by atoms with E-state index >= 15 is 0 Å². The van der Waals surface area contributed by atoms with E-state index in [4.69, 9.17) is 9.47 Å². The molecule has 1 atom stereocenters. The molecule has 3 aliphatic rings. The monoisotopic (exact) mass is 444 g/mol. The number of ether oxygens (including phenoxy) is 2. The predicted molar refractivity (Wildman–Crippen MR) is 118 cm³/mol. The fourth-order valence-electron chi connectivity index (χ4n) is 4.55. The van der Waals surface area contributed by atoms with E-state index in [2.05, 4.69) is 10.6 Å². The van der Waals surface area contributed by atoms with Crippen LogP contribution < -0.4 is 20.1 Å². The average molecular weight is 445 g/mol. The number of nitrogens with one attached hydrogen (secondary N) is 2. The summed E-state index contributed by atoms with van der Waals surface area (Å²) in [5.41, 5.74) is 0.433. The van der Waals surface area contributed by atoms with Crippen LogP contribution in [0.15, 0.2) is 18.2 Å². The fraction of sp³-hybridized carbons (Fsp3) is 0.609. The topological polar surface area (TPSA) is 100 Å². The molecule has 3 aliphatic heterocycles. The summed E-state index contributed by atoms with van der Waals surface area (Å²) in [5.74, 6) is 0.787. The fourth-order valence-corrected chi connectivity index (χ4v) is 4.55. The largest absolute Gasteiger partial charge is 0.454 e. The Kier molecular flexibility index (Phi) is 6.72. The van der Waals surface area contributed by atoms with E-state index in [1.807, 2.05) is 18.7 Å². The Balaban J connectivity index is 1.45. The van der Waals surface area contributed by atoms with E-state index < -0.39 is 6.04 Å². The summed E-state index contributed by atoms with van der Waals surface area (Å²) >= 11 is 0. The number of fused-ring (bicyclic) bond motifs is 1. The summed E-state index contributed by atoms with van der Waals surface area (Å²) in [6.45, 7) is 6.58. The maximum atomic E-state index is 13.3. The summed E-state index contributed by atoms with van der Waals surface area (Å²) < 4.78 is 10.7.